The van der Waals surface area contributed by atoms with Crippen LogP contribution in [0.1, 0.15) is 36.4 Å². The minimum absolute atomic E-state index is 0.323. The van der Waals surface area contributed by atoms with E-state index in [1.54, 1.807) is 6.26 Å². The fraction of sp³-hybridized carbons (Fsp3) is 0.632. The van der Waals surface area contributed by atoms with Gasteiger partial charge in [0, 0.05) is 18.3 Å². The molecule has 1 N–H and O–H groups in total. The van der Waals surface area contributed by atoms with Crippen LogP contribution in [0, 0.1) is 13.8 Å². The summed E-state index contributed by atoms with van der Waals surface area (Å²) in [6.07, 6.45) is 4.72. The Morgan fingerprint density at radius 1 is 1.40 bits per heavy atom. The second-order valence-electron chi connectivity index (χ2n) is 7.00. The quantitative estimate of drug-likeness (QED) is 0.795. The minimum Gasteiger partial charge on any atom is -0.467 e. The lowest BCUT2D eigenvalue weighted by Gasteiger charge is -2.37. The Hall–Kier alpha value is -1.63. The minimum atomic E-state index is -0.490. The lowest BCUT2D eigenvalue weighted by molar-refractivity contribution is -0.00934. The fourth-order valence-corrected chi connectivity index (χ4v) is 3.58. The molecule has 1 aliphatic heterocycles. The Morgan fingerprint density at radius 3 is 3.00 bits per heavy atom. The van der Waals surface area contributed by atoms with Crippen molar-refractivity contribution in [2.75, 3.05) is 19.7 Å². The highest BCUT2D eigenvalue weighted by Gasteiger charge is 2.25. The molecule has 6 heteroatoms. The molecule has 0 aliphatic carbocycles. The number of hydrogen-bond donors (Lipinski definition) is 1. The molecule has 3 heterocycles. The molecule has 2 aromatic rings. The van der Waals surface area contributed by atoms with E-state index in [1.165, 1.54) is 18.5 Å². The molecule has 138 valence electrons. The lowest BCUT2D eigenvalue weighted by atomic mass is 10.0. The van der Waals surface area contributed by atoms with E-state index in [0.29, 0.717) is 25.8 Å². The van der Waals surface area contributed by atoms with E-state index >= 15 is 0 Å². The van der Waals surface area contributed by atoms with Crippen molar-refractivity contribution in [1.29, 1.82) is 0 Å². The van der Waals surface area contributed by atoms with Gasteiger partial charge in [-0.2, -0.15) is 5.10 Å². The summed E-state index contributed by atoms with van der Waals surface area (Å²) in [7, 11) is 0. The van der Waals surface area contributed by atoms with Gasteiger partial charge in [0.2, 0.25) is 0 Å². The first-order valence-corrected chi connectivity index (χ1v) is 9.15. The number of nitrogens with zero attached hydrogens (tertiary/aromatic N) is 3. The highest BCUT2D eigenvalue weighted by atomic mass is 16.5. The molecular weight excluding hydrogens is 318 g/mol. The van der Waals surface area contributed by atoms with Crippen molar-refractivity contribution in [3.63, 3.8) is 0 Å². The molecule has 25 heavy (non-hydrogen) atoms. The van der Waals surface area contributed by atoms with Crippen LogP contribution in [0.4, 0.5) is 0 Å². The van der Waals surface area contributed by atoms with Crippen LogP contribution in [0.3, 0.4) is 0 Å². The topological polar surface area (TPSA) is 63.7 Å². The summed E-state index contributed by atoms with van der Waals surface area (Å²) in [5, 5.41) is 14.9. The highest BCUT2D eigenvalue weighted by Crippen LogP contribution is 2.20. The van der Waals surface area contributed by atoms with Gasteiger partial charge in [-0.1, -0.05) is 6.42 Å². The summed E-state index contributed by atoms with van der Waals surface area (Å²) in [5.41, 5.74) is 2.26. The van der Waals surface area contributed by atoms with Gasteiger partial charge in [0.05, 0.1) is 31.2 Å². The van der Waals surface area contributed by atoms with Crippen LogP contribution in [0.2, 0.25) is 0 Å². The Kier molecular flexibility index (Phi) is 6.29. The summed E-state index contributed by atoms with van der Waals surface area (Å²) in [6, 6.07) is 6.25. The molecule has 1 saturated heterocycles. The average Bonchev–Trinajstić information content (AvgIpc) is 3.19. The molecule has 0 unspecified atom stereocenters. The number of aromatic nitrogens is 2. The van der Waals surface area contributed by atoms with Crippen molar-refractivity contribution in [2.24, 2.45) is 0 Å². The normalized spacial score (nSPS) is 20.0. The Morgan fingerprint density at radius 2 is 2.28 bits per heavy atom. The highest BCUT2D eigenvalue weighted by molar-refractivity contribution is 5.06. The maximum Gasteiger partial charge on any atom is 0.129 e. The third-order valence-corrected chi connectivity index (χ3v) is 4.82. The van der Waals surface area contributed by atoms with E-state index in [9.17, 15) is 5.11 Å². The van der Waals surface area contributed by atoms with E-state index < -0.39 is 6.10 Å². The largest absolute Gasteiger partial charge is 0.467 e. The molecule has 2 aromatic heterocycles. The summed E-state index contributed by atoms with van der Waals surface area (Å²) in [4.78, 5) is 2.39. The second kappa shape index (κ2) is 8.65. The van der Waals surface area contributed by atoms with Crippen molar-refractivity contribution in [1.82, 2.24) is 14.7 Å². The molecule has 0 aromatic carbocycles. The molecule has 0 radical (unpaired) electrons. The van der Waals surface area contributed by atoms with Crippen molar-refractivity contribution < 1.29 is 14.3 Å². The molecule has 1 fully saturated rings. The predicted molar refractivity (Wildman–Crippen MR) is 95.3 cm³/mol. The average molecular weight is 347 g/mol. The number of rotatable bonds is 8. The Labute approximate surface area is 149 Å². The van der Waals surface area contributed by atoms with E-state index in [1.807, 2.05) is 19.1 Å². The van der Waals surface area contributed by atoms with Gasteiger partial charge in [-0.05, 0) is 51.4 Å². The molecule has 0 amide bonds. The number of aliphatic hydroxyl groups excluding tert-OH is 1. The number of likely N-dealkylation sites (tertiary alicyclic amines) is 1. The van der Waals surface area contributed by atoms with Gasteiger partial charge in [0.15, 0.2) is 0 Å². The summed E-state index contributed by atoms with van der Waals surface area (Å²) >= 11 is 0. The summed E-state index contributed by atoms with van der Waals surface area (Å²) < 4.78 is 12.9. The van der Waals surface area contributed by atoms with Crippen LogP contribution in [-0.4, -0.2) is 51.6 Å². The number of aliphatic hydroxyl groups is 1. The third-order valence-electron chi connectivity index (χ3n) is 4.82. The third kappa shape index (κ3) is 5.17. The first kappa shape index (κ1) is 18.2. The first-order chi connectivity index (χ1) is 12.1. The molecule has 1 aliphatic rings. The first-order valence-electron chi connectivity index (χ1n) is 9.15. The zero-order valence-corrected chi connectivity index (χ0v) is 15.2. The van der Waals surface area contributed by atoms with Crippen LogP contribution < -0.4 is 0 Å². The molecule has 0 saturated carbocycles. The van der Waals surface area contributed by atoms with Crippen molar-refractivity contribution in [3.8, 4) is 0 Å². The van der Waals surface area contributed by atoms with Crippen LogP contribution >= 0.6 is 0 Å². The van der Waals surface area contributed by atoms with Gasteiger partial charge >= 0.3 is 0 Å². The maximum atomic E-state index is 10.4. The van der Waals surface area contributed by atoms with E-state index in [4.69, 9.17) is 9.15 Å². The van der Waals surface area contributed by atoms with Crippen molar-refractivity contribution >= 4 is 0 Å². The fourth-order valence-electron chi connectivity index (χ4n) is 3.58. The smallest absolute Gasteiger partial charge is 0.129 e. The molecule has 3 rings (SSSR count). The molecule has 2 atom stereocenters. The molecule has 0 spiro atoms. The van der Waals surface area contributed by atoms with Gasteiger partial charge in [-0.15, -0.1) is 0 Å². The van der Waals surface area contributed by atoms with Gasteiger partial charge in [-0.3, -0.25) is 9.58 Å². The molecule has 6 nitrogen and oxygen atoms in total. The molecule has 0 bridgehead atoms. The number of ether oxygens (including phenoxy) is 1. The van der Waals surface area contributed by atoms with Gasteiger partial charge in [0.1, 0.15) is 12.4 Å². The van der Waals surface area contributed by atoms with E-state index in [-0.39, 0.29) is 0 Å². The number of β-amino-alcohol motifs (C(OH)–C–C–N with tert-alkyl or cyclic N) is 1. The summed E-state index contributed by atoms with van der Waals surface area (Å²) in [6.45, 7) is 7.41. The van der Waals surface area contributed by atoms with Crippen LogP contribution in [0.15, 0.2) is 28.9 Å². The Balaban J connectivity index is 1.49. The van der Waals surface area contributed by atoms with E-state index in [2.05, 4.69) is 27.7 Å². The van der Waals surface area contributed by atoms with Gasteiger partial charge in [-0.25, -0.2) is 0 Å². The van der Waals surface area contributed by atoms with E-state index in [0.717, 1.165) is 31.0 Å². The SMILES string of the molecule is Cc1cc(C)n(C[C@@H]2CCCCN2C[C@@H](O)COCc2ccco2)n1. The number of aryl methyl sites for hydroxylation is 2. The van der Waals surface area contributed by atoms with Crippen LogP contribution in [-0.2, 0) is 17.9 Å². The van der Waals surface area contributed by atoms with Crippen molar-refractivity contribution in [2.45, 2.75) is 58.4 Å². The maximum absolute atomic E-state index is 10.4. The predicted octanol–water partition coefficient (Wildman–Crippen LogP) is 2.53. The lowest BCUT2D eigenvalue weighted by Crippen LogP contribution is -2.46. The van der Waals surface area contributed by atoms with Gasteiger partial charge in [0.25, 0.3) is 0 Å². The Bertz CT molecular complexity index is 638. The van der Waals surface area contributed by atoms with Crippen LogP contribution in [0.25, 0.3) is 0 Å². The zero-order valence-electron chi connectivity index (χ0n) is 15.2. The number of hydrogen-bond acceptors (Lipinski definition) is 5. The van der Waals surface area contributed by atoms with Crippen LogP contribution in [0.5, 0.6) is 0 Å². The second-order valence-corrected chi connectivity index (χ2v) is 7.00. The summed E-state index contributed by atoms with van der Waals surface area (Å²) in [5.74, 6) is 0.785. The van der Waals surface area contributed by atoms with Crippen molar-refractivity contribution in [3.05, 3.63) is 41.6 Å². The zero-order chi connectivity index (χ0) is 17.6. The number of piperidine rings is 1. The number of furan rings is 1. The standard InChI is InChI=1S/C19H29N3O3/c1-15-10-16(2)22(20-15)11-17-6-3-4-8-21(17)12-18(23)13-24-14-19-7-5-9-25-19/h5,7,9-10,17-18,23H,3-4,6,8,11-14H2,1-2H3/t17-,18+/m0/s1. The monoisotopic (exact) mass is 347 g/mol. The molecular formula is C19H29N3O3. The van der Waals surface area contributed by atoms with Gasteiger partial charge < -0.3 is 14.3 Å².